The van der Waals surface area contributed by atoms with Crippen LogP contribution < -0.4 is 10.5 Å². The molecule has 1 aromatic carbocycles. The highest BCUT2D eigenvalue weighted by molar-refractivity contribution is 5.82. The van der Waals surface area contributed by atoms with Gasteiger partial charge in [0, 0.05) is 43.9 Å². The number of hydrogen-bond donors (Lipinski definition) is 1. The summed E-state index contributed by atoms with van der Waals surface area (Å²) >= 11 is 0. The van der Waals surface area contributed by atoms with Crippen LogP contribution in [0.4, 0.5) is 13.2 Å². The molecule has 184 valence electrons. The molecule has 35 heavy (non-hydrogen) atoms. The van der Waals surface area contributed by atoms with Crippen LogP contribution in [0.3, 0.4) is 0 Å². The Labute approximate surface area is 199 Å². The van der Waals surface area contributed by atoms with Gasteiger partial charge in [-0.25, -0.2) is 4.98 Å². The van der Waals surface area contributed by atoms with Crippen molar-refractivity contribution in [3.8, 4) is 17.3 Å². The summed E-state index contributed by atoms with van der Waals surface area (Å²) in [6.45, 7) is 1.35. The van der Waals surface area contributed by atoms with E-state index in [1.807, 2.05) is 18.2 Å². The fraction of sp³-hybridized carbons (Fsp3) is 0.375. The van der Waals surface area contributed by atoms with Gasteiger partial charge in [-0.1, -0.05) is 12.1 Å². The van der Waals surface area contributed by atoms with Gasteiger partial charge in [0.2, 0.25) is 0 Å². The number of methoxy groups -OCH3 is 1. The van der Waals surface area contributed by atoms with Crippen molar-refractivity contribution in [3.05, 3.63) is 54.2 Å². The molecule has 4 heterocycles. The molecule has 0 amide bonds. The molecule has 2 atom stereocenters. The first-order valence-corrected chi connectivity index (χ1v) is 11.3. The minimum absolute atomic E-state index is 0.106. The number of fused-ring (bicyclic) bond motifs is 2. The average molecular weight is 486 g/mol. The zero-order valence-corrected chi connectivity index (χ0v) is 19.1. The zero-order valence-electron chi connectivity index (χ0n) is 19.1. The lowest BCUT2D eigenvalue weighted by atomic mass is 10.1. The molecule has 0 spiro atoms. The third kappa shape index (κ3) is 4.79. The van der Waals surface area contributed by atoms with Crippen LogP contribution >= 0.6 is 0 Å². The largest absolute Gasteiger partial charge is 0.491 e. The van der Waals surface area contributed by atoms with Gasteiger partial charge in [0.25, 0.3) is 0 Å². The second kappa shape index (κ2) is 9.40. The Morgan fingerprint density at radius 2 is 1.94 bits per heavy atom. The van der Waals surface area contributed by atoms with Gasteiger partial charge in [-0.3, -0.25) is 9.30 Å². The van der Waals surface area contributed by atoms with E-state index in [-0.39, 0.29) is 18.2 Å². The van der Waals surface area contributed by atoms with E-state index in [4.69, 9.17) is 15.2 Å². The predicted octanol–water partition coefficient (Wildman–Crippen LogP) is 3.61. The van der Waals surface area contributed by atoms with Crippen molar-refractivity contribution < 1.29 is 22.6 Å². The molecule has 0 bridgehead atoms. The molecule has 0 unspecified atom stereocenters. The number of hydrogen-bond acceptors (Lipinski definition) is 7. The fourth-order valence-corrected chi connectivity index (χ4v) is 4.45. The van der Waals surface area contributed by atoms with Crippen LogP contribution in [0.15, 0.2) is 48.7 Å². The molecule has 1 fully saturated rings. The second-order valence-corrected chi connectivity index (χ2v) is 8.59. The first-order valence-electron chi connectivity index (χ1n) is 11.3. The van der Waals surface area contributed by atoms with Crippen molar-refractivity contribution >= 4 is 16.6 Å². The molecule has 4 aromatic rings. The lowest BCUT2D eigenvalue weighted by Gasteiger charge is -2.30. The quantitative estimate of drug-likeness (QED) is 0.399. The zero-order chi connectivity index (χ0) is 24.6. The van der Waals surface area contributed by atoms with Gasteiger partial charge in [0.15, 0.2) is 11.5 Å². The Balaban J connectivity index is 1.52. The number of ether oxygens (including phenoxy) is 2. The summed E-state index contributed by atoms with van der Waals surface area (Å²) in [6.07, 6.45) is -2.47. The minimum Gasteiger partial charge on any atom is -0.491 e. The molecule has 8 nitrogen and oxygen atoms in total. The molecule has 5 rings (SSSR count). The van der Waals surface area contributed by atoms with Gasteiger partial charge in [-0.05, 0) is 36.2 Å². The second-order valence-electron chi connectivity index (χ2n) is 8.59. The Morgan fingerprint density at radius 1 is 1.11 bits per heavy atom. The first-order chi connectivity index (χ1) is 16.8. The van der Waals surface area contributed by atoms with Crippen molar-refractivity contribution in [3.63, 3.8) is 0 Å². The fourth-order valence-electron chi connectivity index (χ4n) is 4.45. The molecule has 0 saturated carbocycles. The molecular weight excluding hydrogens is 461 g/mol. The van der Waals surface area contributed by atoms with Crippen LogP contribution in [0, 0.1) is 0 Å². The van der Waals surface area contributed by atoms with E-state index in [0.29, 0.717) is 54.6 Å². The van der Waals surface area contributed by atoms with Crippen molar-refractivity contribution in [2.75, 3.05) is 33.4 Å². The molecule has 3 aromatic heterocycles. The molecular formula is C24H25F3N6O2. The number of rotatable bonds is 7. The van der Waals surface area contributed by atoms with E-state index in [1.165, 1.54) is 17.2 Å². The third-order valence-corrected chi connectivity index (χ3v) is 6.12. The van der Waals surface area contributed by atoms with Gasteiger partial charge >= 0.3 is 6.18 Å². The van der Waals surface area contributed by atoms with Crippen molar-refractivity contribution in [2.24, 2.45) is 5.73 Å². The van der Waals surface area contributed by atoms with E-state index >= 15 is 0 Å². The summed E-state index contributed by atoms with van der Waals surface area (Å²) in [6, 6.07) is 10.2. The van der Waals surface area contributed by atoms with Gasteiger partial charge < -0.3 is 15.2 Å². The highest BCUT2D eigenvalue weighted by Gasteiger charge is 2.46. The van der Waals surface area contributed by atoms with Gasteiger partial charge in [-0.2, -0.15) is 13.2 Å². The summed E-state index contributed by atoms with van der Waals surface area (Å²) in [5.41, 5.74) is 7.59. The maximum atomic E-state index is 14.1. The van der Waals surface area contributed by atoms with Crippen LogP contribution in [0.1, 0.15) is 18.0 Å². The Bertz CT molecular complexity index is 1340. The number of aromatic nitrogens is 4. The van der Waals surface area contributed by atoms with Gasteiger partial charge in [-0.15, -0.1) is 10.2 Å². The number of nitrogens with two attached hydrogens (primary N) is 1. The Morgan fingerprint density at radius 3 is 2.69 bits per heavy atom. The number of alkyl halides is 3. The first kappa shape index (κ1) is 23.5. The van der Waals surface area contributed by atoms with Crippen LogP contribution in [0.25, 0.3) is 28.1 Å². The van der Waals surface area contributed by atoms with E-state index < -0.39 is 12.2 Å². The molecule has 1 aliphatic rings. The van der Waals surface area contributed by atoms with Crippen molar-refractivity contribution in [1.82, 2.24) is 24.5 Å². The normalized spacial score (nSPS) is 17.9. The Hall–Kier alpha value is -3.28. The Kier molecular flexibility index (Phi) is 6.30. The van der Waals surface area contributed by atoms with Crippen LogP contribution in [0.5, 0.6) is 5.75 Å². The molecule has 1 saturated heterocycles. The van der Waals surface area contributed by atoms with Crippen LogP contribution in [0.2, 0.25) is 0 Å². The summed E-state index contributed by atoms with van der Waals surface area (Å²) in [7, 11) is 1.60. The summed E-state index contributed by atoms with van der Waals surface area (Å²) in [4.78, 5) is 6.07. The number of nitrogens with zero attached hydrogens (tertiary/aromatic N) is 5. The molecule has 0 aliphatic carbocycles. The SMILES string of the molecule is COCCOc1ccc2ccc(-c3nnc4ccc([C@@H](N5CC[C@H](N)C5)C(F)(F)F)cn34)nc2c1. The van der Waals surface area contributed by atoms with Gasteiger partial charge in [0.1, 0.15) is 24.1 Å². The summed E-state index contributed by atoms with van der Waals surface area (Å²) < 4.78 is 54.5. The van der Waals surface area contributed by atoms with E-state index in [0.717, 1.165) is 5.39 Å². The van der Waals surface area contributed by atoms with E-state index in [1.54, 1.807) is 29.7 Å². The number of pyridine rings is 2. The molecule has 0 radical (unpaired) electrons. The lowest BCUT2D eigenvalue weighted by molar-refractivity contribution is -0.183. The smallest absolute Gasteiger partial charge is 0.408 e. The van der Waals surface area contributed by atoms with Crippen molar-refractivity contribution in [2.45, 2.75) is 24.7 Å². The van der Waals surface area contributed by atoms with Crippen LogP contribution in [-0.2, 0) is 4.74 Å². The number of benzene rings is 1. The van der Waals surface area contributed by atoms with Crippen molar-refractivity contribution in [1.29, 1.82) is 0 Å². The van der Waals surface area contributed by atoms with E-state index in [2.05, 4.69) is 15.2 Å². The number of likely N-dealkylation sites (tertiary alicyclic amines) is 1. The highest BCUT2D eigenvalue weighted by Crippen LogP contribution is 2.39. The topological polar surface area (TPSA) is 90.8 Å². The maximum absolute atomic E-state index is 14.1. The molecule has 2 N–H and O–H groups in total. The minimum atomic E-state index is -4.45. The molecule has 11 heteroatoms. The number of halogens is 3. The summed E-state index contributed by atoms with van der Waals surface area (Å²) in [5, 5.41) is 9.24. The molecule has 1 aliphatic heterocycles. The highest BCUT2D eigenvalue weighted by atomic mass is 19.4. The monoisotopic (exact) mass is 486 g/mol. The van der Waals surface area contributed by atoms with Gasteiger partial charge in [0.05, 0.1) is 12.1 Å². The lowest BCUT2D eigenvalue weighted by Crippen LogP contribution is -2.38. The average Bonchev–Trinajstić information content (AvgIpc) is 3.44. The maximum Gasteiger partial charge on any atom is 0.408 e. The third-order valence-electron chi connectivity index (χ3n) is 6.12. The predicted molar refractivity (Wildman–Crippen MR) is 124 cm³/mol. The van der Waals surface area contributed by atoms with Crippen LogP contribution in [-0.4, -0.2) is 70.1 Å². The standard InChI is InChI=1S/C24H25F3N6O2/c1-34-10-11-35-18-5-2-15-3-6-19(29-20(15)12-18)23-31-30-21-7-4-16(13-33(21)23)22(24(25,26)27)32-9-8-17(28)14-32/h2-7,12-13,17,22H,8-11,14,28H2,1H3/t17-,22+/m0/s1. The summed E-state index contributed by atoms with van der Waals surface area (Å²) in [5.74, 6) is 0.998. The van der Waals surface area contributed by atoms with E-state index in [9.17, 15) is 13.2 Å².